The van der Waals surface area contributed by atoms with Crippen molar-refractivity contribution >= 4 is 17.9 Å². The van der Waals surface area contributed by atoms with Gasteiger partial charge in [0.2, 0.25) is 0 Å². The topological polar surface area (TPSA) is 17.1 Å². The fourth-order valence-corrected chi connectivity index (χ4v) is 3.10. The summed E-state index contributed by atoms with van der Waals surface area (Å²) in [5.74, 6) is 0.517. The van der Waals surface area contributed by atoms with Gasteiger partial charge in [0.25, 0.3) is 0 Å². The van der Waals surface area contributed by atoms with Crippen LogP contribution in [-0.4, -0.2) is 5.78 Å². The Morgan fingerprint density at radius 2 is 1.33 bits per heavy atom. The number of allylic oxidation sites excluding steroid dienone is 2. The zero-order chi connectivity index (χ0) is 17.1. The number of hydrogen-bond donors (Lipinski definition) is 0. The summed E-state index contributed by atoms with van der Waals surface area (Å²) in [4.78, 5) is 12.9. The first kappa shape index (κ1) is 16.4. The van der Waals surface area contributed by atoms with E-state index in [0.29, 0.717) is 5.92 Å². The van der Waals surface area contributed by atoms with Gasteiger partial charge in [0.15, 0.2) is 5.78 Å². The summed E-state index contributed by atoms with van der Waals surface area (Å²) < 4.78 is 0. The van der Waals surface area contributed by atoms with Crippen LogP contribution in [0.4, 0.5) is 0 Å². The first-order valence-corrected chi connectivity index (χ1v) is 8.63. The van der Waals surface area contributed by atoms with Gasteiger partial charge in [-0.1, -0.05) is 66.6 Å². The van der Waals surface area contributed by atoms with Gasteiger partial charge in [0, 0.05) is 11.1 Å². The second-order valence-electron chi connectivity index (χ2n) is 6.86. The van der Waals surface area contributed by atoms with Gasteiger partial charge in [-0.05, 0) is 55.9 Å². The van der Waals surface area contributed by atoms with Gasteiger partial charge in [0.1, 0.15) is 0 Å². The van der Waals surface area contributed by atoms with Crippen LogP contribution in [0.1, 0.15) is 42.0 Å². The van der Waals surface area contributed by atoms with Crippen molar-refractivity contribution in [2.45, 2.75) is 33.6 Å². The van der Waals surface area contributed by atoms with Crippen molar-refractivity contribution in [3.63, 3.8) is 0 Å². The molecular formula is C23H24O. The van der Waals surface area contributed by atoms with Crippen molar-refractivity contribution in [1.29, 1.82) is 0 Å². The van der Waals surface area contributed by atoms with Crippen molar-refractivity contribution < 1.29 is 4.79 Å². The number of ketones is 1. The smallest absolute Gasteiger partial charge is 0.185 e. The molecule has 0 saturated heterocycles. The Balaban J connectivity index is 1.91. The minimum Gasteiger partial charge on any atom is -0.289 e. The van der Waals surface area contributed by atoms with Crippen molar-refractivity contribution in [3.8, 4) is 0 Å². The summed E-state index contributed by atoms with van der Waals surface area (Å²) in [6.07, 6.45) is 6.01. The Morgan fingerprint density at radius 1 is 0.833 bits per heavy atom. The van der Waals surface area contributed by atoms with Crippen LogP contribution < -0.4 is 0 Å². The molecule has 1 saturated carbocycles. The second kappa shape index (κ2) is 7.00. The Hall–Kier alpha value is -2.41. The van der Waals surface area contributed by atoms with Crippen LogP contribution >= 0.6 is 0 Å². The normalized spacial score (nSPS) is 21.5. The van der Waals surface area contributed by atoms with Crippen LogP contribution in [0.25, 0.3) is 12.2 Å². The number of rotatable bonds is 2. The highest BCUT2D eigenvalue weighted by molar-refractivity contribution is 6.14. The molecule has 0 amide bonds. The molecule has 0 heterocycles. The number of carbonyl (C=O) groups is 1. The molecule has 0 aromatic heterocycles. The lowest BCUT2D eigenvalue weighted by molar-refractivity contribution is -0.113. The SMILES string of the molecule is Cc1ccc(/C=C2\CCC(C)/C(=C\c3ccc(C)cc3)C2=O)cc1. The highest BCUT2D eigenvalue weighted by Gasteiger charge is 2.26. The Labute approximate surface area is 144 Å². The lowest BCUT2D eigenvalue weighted by Gasteiger charge is -2.23. The van der Waals surface area contributed by atoms with E-state index in [9.17, 15) is 4.79 Å². The van der Waals surface area contributed by atoms with Gasteiger partial charge < -0.3 is 0 Å². The van der Waals surface area contributed by atoms with Gasteiger partial charge >= 0.3 is 0 Å². The highest BCUT2D eigenvalue weighted by Crippen LogP contribution is 2.32. The molecule has 122 valence electrons. The third-order valence-electron chi connectivity index (χ3n) is 4.75. The van der Waals surface area contributed by atoms with Crippen LogP contribution in [0.2, 0.25) is 0 Å². The molecular weight excluding hydrogens is 292 g/mol. The maximum atomic E-state index is 12.9. The largest absolute Gasteiger partial charge is 0.289 e. The van der Waals surface area contributed by atoms with Crippen LogP contribution in [0.5, 0.6) is 0 Å². The maximum Gasteiger partial charge on any atom is 0.185 e. The molecule has 0 bridgehead atoms. The number of benzene rings is 2. The zero-order valence-corrected chi connectivity index (χ0v) is 14.7. The zero-order valence-electron chi connectivity index (χ0n) is 14.7. The van der Waals surface area contributed by atoms with Gasteiger partial charge in [-0.3, -0.25) is 4.79 Å². The van der Waals surface area contributed by atoms with E-state index in [-0.39, 0.29) is 5.78 Å². The molecule has 0 N–H and O–H groups in total. The van der Waals surface area contributed by atoms with Crippen LogP contribution in [0.3, 0.4) is 0 Å². The third-order valence-corrected chi connectivity index (χ3v) is 4.75. The Morgan fingerprint density at radius 3 is 1.88 bits per heavy atom. The van der Waals surface area contributed by atoms with Crippen molar-refractivity contribution in [2.75, 3.05) is 0 Å². The molecule has 2 aromatic carbocycles. The van der Waals surface area contributed by atoms with Crippen LogP contribution in [0.15, 0.2) is 59.7 Å². The fourth-order valence-electron chi connectivity index (χ4n) is 3.10. The maximum absolute atomic E-state index is 12.9. The predicted octanol–water partition coefficient (Wildman–Crippen LogP) is 5.77. The van der Waals surface area contributed by atoms with E-state index >= 15 is 0 Å². The van der Waals surface area contributed by atoms with Crippen LogP contribution in [0, 0.1) is 19.8 Å². The van der Waals surface area contributed by atoms with E-state index in [4.69, 9.17) is 0 Å². The van der Waals surface area contributed by atoms with E-state index in [2.05, 4.69) is 81.5 Å². The van der Waals surface area contributed by atoms with Crippen molar-refractivity contribution in [1.82, 2.24) is 0 Å². The molecule has 1 fully saturated rings. The minimum absolute atomic E-state index is 0.204. The van der Waals surface area contributed by atoms with E-state index in [1.807, 2.05) is 0 Å². The number of aryl methyl sites for hydroxylation is 2. The van der Waals surface area contributed by atoms with Crippen molar-refractivity contribution in [2.24, 2.45) is 5.92 Å². The van der Waals surface area contributed by atoms with E-state index < -0.39 is 0 Å². The molecule has 24 heavy (non-hydrogen) atoms. The quantitative estimate of drug-likeness (QED) is 0.643. The summed E-state index contributed by atoms with van der Waals surface area (Å²) in [6.45, 7) is 6.31. The highest BCUT2D eigenvalue weighted by atomic mass is 16.1. The number of carbonyl (C=O) groups excluding carboxylic acids is 1. The molecule has 1 atom stereocenters. The summed E-state index contributed by atoms with van der Waals surface area (Å²) in [5.41, 5.74) is 6.54. The molecule has 0 radical (unpaired) electrons. The molecule has 2 aromatic rings. The molecule has 1 unspecified atom stereocenters. The van der Waals surface area contributed by atoms with E-state index in [1.165, 1.54) is 11.1 Å². The Bertz CT molecular complexity index is 789. The van der Waals surface area contributed by atoms with Gasteiger partial charge in [-0.2, -0.15) is 0 Å². The Kier molecular flexibility index (Phi) is 4.80. The molecule has 0 spiro atoms. The molecule has 1 heteroatoms. The van der Waals surface area contributed by atoms with Gasteiger partial charge in [0.05, 0.1) is 0 Å². The molecule has 1 aliphatic carbocycles. The first-order chi connectivity index (χ1) is 11.5. The number of hydrogen-bond acceptors (Lipinski definition) is 1. The molecule has 1 aliphatic rings. The minimum atomic E-state index is 0.204. The average molecular weight is 316 g/mol. The van der Waals surface area contributed by atoms with Crippen LogP contribution in [-0.2, 0) is 4.79 Å². The molecule has 0 aliphatic heterocycles. The summed E-state index contributed by atoms with van der Waals surface area (Å²) >= 11 is 0. The third kappa shape index (κ3) is 3.73. The standard InChI is InChI=1S/C23H24O/c1-16-4-9-19(10-5-16)14-21-13-8-18(3)22(23(21)24)15-20-11-6-17(2)7-12-20/h4-7,9-12,14-15,18H,8,13H2,1-3H3/b21-14+,22-15+. The first-order valence-electron chi connectivity index (χ1n) is 8.63. The summed E-state index contributed by atoms with van der Waals surface area (Å²) in [7, 11) is 0. The molecule has 3 rings (SSSR count). The molecule has 1 nitrogen and oxygen atoms in total. The summed E-state index contributed by atoms with van der Waals surface area (Å²) in [5, 5.41) is 0. The van der Waals surface area contributed by atoms with E-state index in [0.717, 1.165) is 35.1 Å². The van der Waals surface area contributed by atoms with E-state index in [1.54, 1.807) is 0 Å². The second-order valence-corrected chi connectivity index (χ2v) is 6.86. The monoisotopic (exact) mass is 316 g/mol. The lowest BCUT2D eigenvalue weighted by atomic mass is 9.80. The van der Waals surface area contributed by atoms with Gasteiger partial charge in [-0.25, -0.2) is 0 Å². The van der Waals surface area contributed by atoms with Gasteiger partial charge in [-0.15, -0.1) is 0 Å². The van der Waals surface area contributed by atoms with Crippen molar-refractivity contribution in [3.05, 3.63) is 81.9 Å². The predicted molar refractivity (Wildman–Crippen MR) is 102 cm³/mol. The summed E-state index contributed by atoms with van der Waals surface area (Å²) in [6, 6.07) is 16.7. The lowest BCUT2D eigenvalue weighted by Crippen LogP contribution is -2.19. The fraction of sp³-hybridized carbons (Fsp3) is 0.261. The number of Topliss-reactive ketones (excluding diaryl/α,β-unsaturated/α-hetero) is 1. The average Bonchev–Trinajstić information content (AvgIpc) is 2.58.